The van der Waals surface area contributed by atoms with Gasteiger partial charge in [0.25, 0.3) is 0 Å². The first-order chi connectivity index (χ1) is 12.3. The minimum atomic E-state index is 0.0540. The zero-order valence-corrected chi connectivity index (χ0v) is 14.9. The average molecular weight is 344 g/mol. The number of para-hydroxylation sites is 1. The second-order valence-corrected chi connectivity index (χ2v) is 7.35. The van der Waals surface area contributed by atoms with Crippen LogP contribution in [-0.2, 0) is 16.0 Å². The van der Waals surface area contributed by atoms with Crippen molar-refractivity contribution < 1.29 is 14.3 Å². The number of hydrogen-bond acceptors (Lipinski definition) is 4. The third-order valence-corrected chi connectivity index (χ3v) is 5.85. The molecule has 25 heavy (non-hydrogen) atoms. The fraction of sp³-hybridized carbons (Fsp3) is 0.650. The number of carbonyl (C=O) groups excluding carboxylic acids is 1. The molecule has 2 fully saturated rings. The quantitative estimate of drug-likeness (QED) is 0.822. The lowest BCUT2D eigenvalue weighted by atomic mass is 9.95. The van der Waals surface area contributed by atoms with Crippen LogP contribution in [0.1, 0.15) is 24.8 Å². The van der Waals surface area contributed by atoms with Gasteiger partial charge in [-0.25, -0.2) is 0 Å². The molecule has 3 aliphatic heterocycles. The van der Waals surface area contributed by atoms with Crippen molar-refractivity contribution in [3.63, 3.8) is 0 Å². The number of amides is 1. The predicted molar refractivity (Wildman–Crippen MR) is 95.7 cm³/mol. The molecule has 3 heterocycles. The summed E-state index contributed by atoms with van der Waals surface area (Å²) >= 11 is 0. The largest absolute Gasteiger partial charge is 0.493 e. The number of rotatable bonds is 2. The molecule has 0 spiro atoms. The Morgan fingerprint density at radius 2 is 1.72 bits per heavy atom. The zero-order chi connectivity index (χ0) is 17.1. The van der Waals surface area contributed by atoms with Crippen LogP contribution in [0.2, 0.25) is 0 Å². The molecule has 1 amide bonds. The van der Waals surface area contributed by atoms with Gasteiger partial charge < -0.3 is 14.4 Å². The van der Waals surface area contributed by atoms with Crippen LogP contribution in [0, 0.1) is 5.92 Å². The van der Waals surface area contributed by atoms with Crippen LogP contribution in [0.15, 0.2) is 24.3 Å². The van der Waals surface area contributed by atoms with E-state index in [0.29, 0.717) is 18.6 Å². The van der Waals surface area contributed by atoms with Crippen molar-refractivity contribution in [1.29, 1.82) is 0 Å². The van der Waals surface area contributed by atoms with Crippen molar-refractivity contribution in [2.45, 2.75) is 31.7 Å². The van der Waals surface area contributed by atoms with Gasteiger partial charge in [0.05, 0.1) is 6.61 Å². The minimum Gasteiger partial charge on any atom is -0.493 e. The smallest absolute Gasteiger partial charge is 0.226 e. The molecule has 136 valence electrons. The minimum absolute atomic E-state index is 0.0540. The first-order valence-corrected chi connectivity index (χ1v) is 9.62. The molecule has 0 N–H and O–H groups in total. The van der Waals surface area contributed by atoms with E-state index in [-0.39, 0.29) is 5.92 Å². The van der Waals surface area contributed by atoms with Crippen molar-refractivity contribution in [3.8, 4) is 5.75 Å². The first-order valence-electron chi connectivity index (χ1n) is 9.62. The highest BCUT2D eigenvalue weighted by Crippen LogP contribution is 2.28. The Morgan fingerprint density at radius 1 is 0.960 bits per heavy atom. The van der Waals surface area contributed by atoms with Gasteiger partial charge in [-0.2, -0.15) is 0 Å². The SMILES string of the molecule is O=C([C@@H]1CCOc2ccccc2C1)N1CCN(C2CCOCC2)CC1. The Hall–Kier alpha value is -1.59. The fourth-order valence-electron chi connectivity index (χ4n) is 4.32. The second-order valence-electron chi connectivity index (χ2n) is 7.35. The number of fused-ring (bicyclic) bond motifs is 1. The lowest BCUT2D eigenvalue weighted by molar-refractivity contribution is -0.138. The highest BCUT2D eigenvalue weighted by atomic mass is 16.5. The molecular weight excluding hydrogens is 316 g/mol. The molecule has 1 atom stereocenters. The van der Waals surface area contributed by atoms with Gasteiger partial charge >= 0.3 is 0 Å². The van der Waals surface area contributed by atoms with Crippen LogP contribution < -0.4 is 4.74 Å². The van der Waals surface area contributed by atoms with E-state index in [1.165, 1.54) is 5.56 Å². The van der Waals surface area contributed by atoms with Crippen LogP contribution in [0.4, 0.5) is 0 Å². The Balaban J connectivity index is 1.34. The molecule has 0 aromatic heterocycles. The van der Waals surface area contributed by atoms with Gasteiger partial charge in [-0.3, -0.25) is 9.69 Å². The van der Waals surface area contributed by atoms with Crippen molar-refractivity contribution in [2.24, 2.45) is 5.92 Å². The van der Waals surface area contributed by atoms with E-state index in [4.69, 9.17) is 9.47 Å². The van der Waals surface area contributed by atoms with Crippen molar-refractivity contribution >= 4 is 5.91 Å². The summed E-state index contributed by atoms with van der Waals surface area (Å²) in [6.07, 6.45) is 3.87. The van der Waals surface area contributed by atoms with Gasteiger partial charge in [0.1, 0.15) is 5.75 Å². The third-order valence-electron chi connectivity index (χ3n) is 5.85. The molecule has 2 saturated heterocycles. The molecule has 0 radical (unpaired) electrons. The standard InChI is InChI=1S/C20H28N2O3/c23-20(17-5-14-25-19-4-2-1-3-16(19)15-17)22-10-8-21(9-11-22)18-6-12-24-13-7-18/h1-4,17-18H,5-15H2/t17-/m1/s1. The van der Waals surface area contributed by atoms with E-state index in [1.54, 1.807) is 0 Å². The van der Waals surface area contributed by atoms with Crippen molar-refractivity contribution in [2.75, 3.05) is 46.0 Å². The zero-order valence-electron chi connectivity index (χ0n) is 14.9. The van der Waals surface area contributed by atoms with Crippen LogP contribution >= 0.6 is 0 Å². The van der Waals surface area contributed by atoms with Crippen LogP contribution in [-0.4, -0.2) is 67.7 Å². The number of carbonyl (C=O) groups is 1. The maximum atomic E-state index is 13.0. The highest BCUT2D eigenvalue weighted by molar-refractivity contribution is 5.79. The molecule has 0 bridgehead atoms. The summed E-state index contributed by atoms with van der Waals surface area (Å²) in [5.74, 6) is 1.31. The van der Waals surface area contributed by atoms with Gasteiger partial charge in [0.2, 0.25) is 5.91 Å². The number of hydrogen-bond donors (Lipinski definition) is 0. The summed E-state index contributed by atoms with van der Waals surface area (Å²) in [6, 6.07) is 8.76. The molecule has 4 rings (SSSR count). The van der Waals surface area contributed by atoms with Crippen molar-refractivity contribution in [3.05, 3.63) is 29.8 Å². The Bertz CT molecular complexity index is 592. The molecule has 0 saturated carbocycles. The van der Waals surface area contributed by atoms with E-state index in [0.717, 1.165) is 70.8 Å². The lowest BCUT2D eigenvalue weighted by Gasteiger charge is -2.41. The van der Waals surface area contributed by atoms with Gasteiger partial charge in [-0.15, -0.1) is 0 Å². The number of ether oxygens (including phenoxy) is 2. The number of nitrogens with zero attached hydrogens (tertiary/aromatic N) is 2. The second kappa shape index (κ2) is 7.75. The highest BCUT2D eigenvalue weighted by Gasteiger charge is 2.31. The summed E-state index contributed by atoms with van der Waals surface area (Å²) < 4.78 is 11.3. The monoisotopic (exact) mass is 344 g/mol. The summed E-state index contributed by atoms with van der Waals surface area (Å²) in [5, 5.41) is 0. The van der Waals surface area contributed by atoms with Crippen LogP contribution in [0.3, 0.4) is 0 Å². The van der Waals surface area contributed by atoms with Crippen molar-refractivity contribution in [1.82, 2.24) is 9.80 Å². The molecule has 1 aromatic rings. The normalized spacial score (nSPS) is 25.8. The average Bonchev–Trinajstić information content (AvgIpc) is 2.91. The van der Waals surface area contributed by atoms with E-state index < -0.39 is 0 Å². The maximum absolute atomic E-state index is 13.0. The number of benzene rings is 1. The van der Waals surface area contributed by atoms with Crippen LogP contribution in [0.25, 0.3) is 0 Å². The molecule has 0 aliphatic carbocycles. The summed E-state index contributed by atoms with van der Waals surface area (Å²) in [6.45, 7) is 6.10. The lowest BCUT2D eigenvalue weighted by Crippen LogP contribution is -2.54. The number of piperazine rings is 1. The molecule has 5 heteroatoms. The maximum Gasteiger partial charge on any atom is 0.226 e. The molecule has 5 nitrogen and oxygen atoms in total. The topological polar surface area (TPSA) is 42.0 Å². The predicted octanol–water partition coefficient (Wildman–Crippen LogP) is 1.95. The Labute approximate surface area is 149 Å². The Kier molecular flexibility index (Phi) is 5.22. The summed E-state index contributed by atoms with van der Waals surface area (Å²) in [5.41, 5.74) is 1.17. The van der Waals surface area contributed by atoms with Crippen LogP contribution in [0.5, 0.6) is 5.75 Å². The van der Waals surface area contributed by atoms with Gasteiger partial charge in [0, 0.05) is 51.4 Å². The summed E-state index contributed by atoms with van der Waals surface area (Å²) in [7, 11) is 0. The van der Waals surface area contributed by atoms with E-state index in [1.807, 2.05) is 18.2 Å². The first kappa shape index (κ1) is 16.9. The third kappa shape index (κ3) is 3.82. The summed E-state index contributed by atoms with van der Waals surface area (Å²) in [4.78, 5) is 17.7. The van der Waals surface area contributed by atoms with Gasteiger partial charge in [-0.05, 0) is 37.3 Å². The van der Waals surface area contributed by atoms with E-state index in [2.05, 4.69) is 15.9 Å². The van der Waals surface area contributed by atoms with E-state index in [9.17, 15) is 4.79 Å². The molecule has 0 unspecified atom stereocenters. The van der Waals surface area contributed by atoms with E-state index >= 15 is 0 Å². The fourth-order valence-corrected chi connectivity index (χ4v) is 4.32. The molecular formula is C20H28N2O3. The molecule has 1 aromatic carbocycles. The Morgan fingerprint density at radius 3 is 2.52 bits per heavy atom. The molecule has 3 aliphatic rings. The van der Waals surface area contributed by atoms with Gasteiger partial charge in [-0.1, -0.05) is 18.2 Å². The van der Waals surface area contributed by atoms with Gasteiger partial charge in [0.15, 0.2) is 0 Å².